The lowest BCUT2D eigenvalue weighted by Gasteiger charge is -2.31. The fraction of sp³-hybridized carbons (Fsp3) is 0.250. The SMILES string of the molecule is Cc1ccc2c(c1)[C@H](N)CC(c1cc(Br)ccc1F)O2. The third-order valence-electron chi connectivity index (χ3n) is 3.61. The summed E-state index contributed by atoms with van der Waals surface area (Å²) in [5.74, 6) is 0.486. The Bertz CT molecular complexity index is 659. The van der Waals surface area contributed by atoms with Crippen LogP contribution in [-0.4, -0.2) is 0 Å². The van der Waals surface area contributed by atoms with Crippen LogP contribution in [0.15, 0.2) is 40.9 Å². The number of benzene rings is 2. The molecule has 0 spiro atoms. The Morgan fingerprint density at radius 1 is 1.20 bits per heavy atom. The van der Waals surface area contributed by atoms with Crippen LogP contribution in [-0.2, 0) is 0 Å². The Labute approximate surface area is 125 Å². The van der Waals surface area contributed by atoms with E-state index in [0.717, 1.165) is 21.3 Å². The summed E-state index contributed by atoms with van der Waals surface area (Å²) in [6.45, 7) is 2.02. The van der Waals surface area contributed by atoms with E-state index in [0.29, 0.717) is 12.0 Å². The number of hydrogen-bond donors (Lipinski definition) is 1. The molecule has 3 rings (SSSR count). The lowest BCUT2D eigenvalue weighted by molar-refractivity contribution is 0.157. The molecule has 2 atom stereocenters. The standard InChI is InChI=1S/C16H15BrFNO/c1-9-2-5-15-12(6-9)14(19)8-16(20-15)11-7-10(17)3-4-13(11)18/h2-7,14,16H,8,19H2,1H3/t14-,16?/m1/s1. The van der Waals surface area contributed by atoms with Gasteiger partial charge in [-0.05, 0) is 31.2 Å². The molecular weight excluding hydrogens is 321 g/mol. The van der Waals surface area contributed by atoms with Crippen LogP contribution < -0.4 is 10.5 Å². The second kappa shape index (κ2) is 5.19. The van der Waals surface area contributed by atoms with Gasteiger partial charge in [-0.25, -0.2) is 4.39 Å². The molecule has 0 amide bonds. The van der Waals surface area contributed by atoms with Gasteiger partial charge in [-0.3, -0.25) is 0 Å². The zero-order valence-electron chi connectivity index (χ0n) is 11.1. The molecule has 2 nitrogen and oxygen atoms in total. The molecule has 0 aliphatic carbocycles. The molecule has 1 aliphatic rings. The zero-order chi connectivity index (χ0) is 14.3. The Balaban J connectivity index is 1.99. The van der Waals surface area contributed by atoms with Crippen LogP contribution in [0.25, 0.3) is 0 Å². The minimum atomic E-state index is -0.349. The predicted molar refractivity (Wildman–Crippen MR) is 80.2 cm³/mol. The fourth-order valence-electron chi connectivity index (χ4n) is 2.58. The fourth-order valence-corrected chi connectivity index (χ4v) is 2.95. The summed E-state index contributed by atoms with van der Waals surface area (Å²) in [6, 6.07) is 10.7. The summed E-state index contributed by atoms with van der Waals surface area (Å²) < 4.78 is 20.8. The molecular formula is C16H15BrFNO. The Hall–Kier alpha value is -1.39. The van der Waals surface area contributed by atoms with Crippen molar-refractivity contribution < 1.29 is 9.13 Å². The Morgan fingerprint density at radius 2 is 2.00 bits per heavy atom. The van der Waals surface area contributed by atoms with Gasteiger partial charge >= 0.3 is 0 Å². The van der Waals surface area contributed by atoms with Crippen molar-refractivity contribution in [3.8, 4) is 5.75 Å². The third kappa shape index (κ3) is 2.45. The van der Waals surface area contributed by atoms with Gasteiger partial charge in [-0.2, -0.15) is 0 Å². The number of halogens is 2. The number of aryl methyl sites for hydroxylation is 1. The minimum Gasteiger partial charge on any atom is -0.485 e. The number of fused-ring (bicyclic) bond motifs is 1. The highest BCUT2D eigenvalue weighted by Crippen LogP contribution is 2.41. The molecule has 0 radical (unpaired) electrons. The average Bonchev–Trinajstić information content (AvgIpc) is 2.42. The second-order valence-corrected chi connectivity index (χ2v) is 6.07. The summed E-state index contributed by atoms with van der Waals surface area (Å²) in [5.41, 5.74) is 8.90. The van der Waals surface area contributed by atoms with E-state index in [1.54, 1.807) is 12.1 Å². The molecule has 0 fully saturated rings. The Morgan fingerprint density at radius 3 is 2.80 bits per heavy atom. The van der Waals surface area contributed by atoms with Crippen molar-refractivity contribution in [1.82, 2.24) is 0 Å². The summed E-state index contributed by atoms with van der Waals surface area (Å²) in [5, 5.41) is 0. The van der Waals surface area contributed by atoms with Gasteiger partial charge in [0.2, 0.25) is 0 Å². The van der Waals surface area contributed by atoms with Crippen molar-refractivity contribution in [2.45, 2.75) is 25.5 Å². The van der Waals surface area contributed by atoms with Crippen molar-refractivity contribution in [3.05, 3.63) is 63.4 Å². The van der Waals surface area contributed by atoms with Gasteiger partial charge in [0.1, 0.15) is 17.7 Å². The first-order valence-corrected chi connectivity index (χ1v) is 7.31. The van der Waals surface area contributed by atoms with Crippen LogP contribution >= 0.6 is 15.9 Å². The van der Waals surface area contributed by atoms with E-state index in [1.165, 1.54) is 6.07 Å². The second-order valence-electron chi connectivity index (χ2n) is 5.16. The molecule has 0 saturated heterocycles. The van der Waals surface area contributed by atoms with Gasteiger partial charge in [-0.1, -0.05) is 33.6 Å². The normalized spacial score (nSPS) is 21.2. The monoisotopic (exact) mass is 335 g/mol. The van der Waals surface area contributed by atoms with E-state index in [1.807, 2.05) is 25.1 Å². The number of hydrogen-bond acceptors (Lipinski definition) is 2. The lowest BCUT2D eigenvalue weighted by Crippen LogP contribution is -2.24. The zero-order valence-corrected chi connectivity index (χ0v) is 12.7. The van der Waals surface area contributed by atoms with Crippen LogP contribution in [0.2, 0.25) is 0 Å². The van der Waals surface area contributed by atoms with Gasteiger partial charge in [0.05, 0.1) is 0 Å². The summed E-state index contributed by atoms with van der Waals surface area (Å²) >= 11 is 3.37. The van der Waals surface area contributed by atoms with Crippen LogP contribution in [0, 0.1) is 12.7 Å². The van der Waals surface area contributed by atoms with E-state index in [4.69, 9.17) is 10.5 Å². The maximum atomic E-state index is 14.0. The quantitative estimate of drug-likeness (QED) is 0.837. The average molecular weight is 336 g/mol. The number of ether oxygens (including phenoxy) is 1. The smallest absolute Gasteiger partial charge is 0.130 e. The van der Waals surface area contributed by atoms with Crippen molar-refractivity contribution in [2.75, 3.05) is 0 Å². The van der Waals surface area contributed by atoms with Gasteiger partial charge in [0.15, 0.2) is 0 Å². The molecule has 4 heteroatoms. The predicted octanol–water partition coefficient (Wildman–Crippen LogP) is 4.42. The van der Waals surface area contributed by atoms with Crippen molar-refractivity contribution in [2.24, 2.45) is 5.73 Å². The molecule has 1 unspecified atom stereocenters. The number of rotatable bonds is 1. The van der Waals surface area contributed by atoms with E-state index in [-0.39, 0.29) is 18.0 Å². The van der Waals surface area contributed by atoms with Crippen LogP contribution in [0.1, 0.15) is 35.3 Å². The number of nitrogens with two attached hydrogens (primary N) is 1. The van der Waals surface area contributed by atoms with E-state index in [2.05, 4.69) is 15.9 Å². The van der Waals surface area contributed by atoms with Crippen LogP contribution in [0.3, 0.4) is 0 Å². The first-order valence-electron chi connectivity index (χ1n) is 6.52. The maximum absolute atomic E-state index is 14.0. The molecule has 1 heterocycles. The Kier molecular flexibility index (Phi) is 3.52. The maximum Gasteiger partial charge on any atom is 0.130 e. The van der Waals surface area contributed by atoms with Crippen LogP contribution in [0.4, 0.5) is 4.39 Å². The van der Waals surface area contributed by atoms with Gasteiger partial charge in [-0.15, -0.1) is 0 Å². The third-order valence-corrected chi connectivity index (χ3v) is 4.10. The molecule has 20 heavy (non-hydrogen) atoms. The summed E-state index contributed by atoms with van der Waals surface area (Å²) in [4.78, 5) is 0. The molecule has 0 aromatic heterocycles. The largest absolute Gasteiger partial charge is 0.485 e. The van der Waals surface area contributed by atoms with Gasteiger partial charge < -0.3 is 10.5 Å². The highest BCUT2D eigenvalue weighted by Gasteiger charge is 2.28. The molecule has 2 N–H and O–H groups in total. The van der Waals surface area contributed by atoms with E-state index < -0.39 is 0 Å². The molecule has 2 aromatic rings. The van der Waals surface area contributed by atoms with Crippen molar-refractivity contribution in [1.29, 1.82) is 0 Å². The van der Waals surface area contributed by atoms with Crippen molar-refractivity contribution in [3.63, 3.8) is 0 Å². The van der Waals surface area contributed by atoms with Crippen LogP contribution in [0.5, 0.6) is 5.75 Å². The molecule has 1 aliphatic heterocycles. The first kappa shape index (κ1) is 13.6. The van der Waals surface area contributed by atoms with E-state index in [9.17, 15) is 4.39 Å². The molecule has 0 bridgehead atoms. The van der Waals surface area contributed by atoms with Gasteiger partial charge in [0, 0.05) is 28.1 Å². The highest BCUT2D eigenvalue weighted by atomic mass is 79.9. The topological polar surface area (TPSA) is 35.2 Å². The van der Waals surface area contributed by atoms with Gasteiger partial charge in [0.25, 0.3) is 0 Å². The molecule has 0 saturated carbocycles. The molecule has 2 aromatic carbocycles. The molecule has 104 valence electrons. The van der Waals surface area contributed by atoms with E-state index >= 15 is 0 Å². The summed E-state index contributed by atoms with van der Waals surface area (Å²) in [7, 11) is 0. The summed E-state index contributed by atoms with van der Waals surface area (Å²) in [6.07, 6.45) is 0.224. The lowest BCUT2D eigenvalue weighted by atomic mass is 9.92. The van der Waals surface area contributed by atoms with Crippen molar-refractivity contribution >= 4 is 15.9 Å². The first-order chi connectivity index (χ1) is 9.54. The highest BCUT2D eigenvalue weighted by molar-refractivity contribution is 9.10. The minimum absolute atomic E-state index is 0.137.